The molecule has 5 heteroatoms. The summed E-state index contributed by atoms with van der Waals surface area (Å²) in [6.45, 7) is 0. The Morgan fingerprint density at radius 1 is 1.05 bits per heavy atom. The van der Waals surface area contributed by atoms with Crippen LogP contribution in [0.25, 0.3) is 21.9 Å². The lowest BCUT2D eigenvalue weighted by molar-refractivity contribution is 0.394. The van der Waals surface area contributed by atoms with Crippen LogP contribution >= 0.6 is 0 Å². The molecule has 3 aromatic rings. The van der Waals surface area contributed by atoms with E-state index in [2.05, 4.69) is 9.97 Å². The highest BCUT2D eigenvalue weighted by atomic mass is 16.5. The SMILES string of the molecule is COc1cc(OC)cc(-c2c[nH]c(=O)c3cnccc23)c1. The molecule has 1 aromatic carbocycles. The van der Waals surface area contributed by atoms with E-state index < -0.39 is 0 Å². The van der Waals surface area contributed by atoms with Crippen molar-refractivity contribution in [3.8, 4) is 22.6 Å². The standard InChI is InChI=1S/C16H14N2O3/c1-20-11-5-10(6-12(7-11)21-2)14-9-18-16(19)15-8-17-4-3-13(14)15/h3-9H,1-2H3,(H,18,19). The van der Waals surface area contributed by atoms with Crippen LogP contribution in [0.2, 0.25) is 0 Å². The summed E-state index contributed by atoms with van der Waals surface area (Å²) in [5, 5.41) is 1.39. The molecule has 2 heterocycles. The second kappa shape index (κ2) is 5.28. The molecule has 0 saturated carbocycles. The fourth-order valence-electron chi connectivity index (χ4n) is 2.31. The van der Waals surface area contributed by atoms with Gasteiger partial charge in [0.05, 0.1) is 19.6 Å². The first-order valence-corrected chi connectivity index (χ1v) is 6.42. The summed E-state index contributed by atoms with van der Waals surface area (Å²) in [5.74, 6) is 1.38. The first-order chi connectivity index (χ1) is 10.2. The van der Waals surface area contributed by atoms with E-state index in [1.807, 2.05) is 18.2 Å². The van der Waals surface area contributed by atoms with Gasteiger partial charge in [-0.15, -0.1) is 0 Å². The van der Waals surface area contributed by atoms with Crippen molar-refractivity contribution < 1.29 is 9.47 Å². The lowest BCUT2D eigenvalue weighted by Crippen LogP contribution is -2.06. The van der Waals surface area contributed by atoms with Gasteiger partial charge >= 0.3 is 0 Å². The van der Waals surface area contributed by atoms with Gasteiger partial charge in [0.25, 0.3) is 5.56 Å². The summed E-state index contributed by atoms with van der Waals surface area (Å²) in [6.07, 6.45) is 4.93. The van der Waals surface area contributed by atoms with Gasteiger partial charge in [-0.2, -0.15) is 0 Å². The molecule has 2 aromatic heterocycles. The van der Waals surface area contributed by atoms with Crippen molar-refractivity contribution in [3.63, 3.8) is 0 Å². The summed E-state index contributed by atoms with van der Waals surface area (Å²) >= 11 is 0. The predicted octanol–water partition coefficient (Wildman–Crippen LogP) is 2.61. The van der Waals surface area contributed by atoms with Crippen LogP contribution < -0.4 is 15.0 Å². The maximum absolute atomic E-state index is 11.9. The number of fused-ring (bicyclic) bond motifs is 1. The van der Waals surface area contributed by atoms with Crippen LogP contribution in [-0.2, 0) is 0 Å². The Morgan fingerprint density at radius 3 is 2.43 bits per heavy atom. The van der Waals surface area contributed by atoms with E-state index in [-0.39, 0.29) is 5.56 Å². The number of aromatic amines is 1. The molecule has 21 heavy (non-hydrogen) atoms. The van der Waals surface area contributed by atoms with E-state index in [9.17, 15) is 4.79 Å². The Balaban J connectivity index is 2.30. The maximum atomic E-state index is 11.9. The number of hydrogen-bond donors (Lipinski definition) is 1. The molecule has 0 atom stereocenters. The number of nitrogens with zero attached hydrogens (tertiary/aromatic N) is 1. The minimum atomic E-state index is -0.156. The lowest BCUT2D eigenvalue weighted by atomic mass is 10.0. The molecular weight excluding hydrogens is 268 g/mol. The van der Waals surface area contributed by atoms with Crippen molar-refractivity contribution in [2.24, 2.45) is 0 Å². The number of aromatic nitrogens is 2. The lowest BCUT2D eigenvalue weighted by Gasteiger charge is -2.10. The summed E-state index contributed by atoms with van der Waals surface area (Å²) in [7, 11) is 3.21. The fourth-order valence-corrected chi connectivity index (χ4v) is 2.31. The van der Waals surface area contributed by atoms with Gasteiger partial charge in [-0.3, -0.25) is 9.78 Å². The first-order valence-electron chi connectivity index (χ1n) is 6.42. The Kier molecular flexibility index (Phi) is 3.31. The van der Waals surface area contributed by atoms with E-state index >= 15 is 0 Å². The highest BCUT2D eigenvalue weighted by Gasteiger charge is 2.09. The van der Waals surface area contributed by atoms with E-state index in [4.69, 9.17) is 9.47 Å². The predicted molar refractivity (Wildman–Crippen MR) is 80.9 cm³/mol. The summed E-state index contributed by atoms with van der Waals surface area (Å²) in [4.78, 5) is 18.6. The third kappa shape index (κ3) is 2.33. The Bertz CT molecular complexity index is 833. The normalized spacial score (nSPS) is 10.6. The molecule has 0 amide bonds. The average molecular weight is 282 g/mol. The molecule has 0 fully saturated rings. The molecule has 0 unspecified atom stereocenters. The molecule has 106 valence electrons. The van der Waals surface area contributed by atoms with Crippen molar-refractivity contribution in [2.45, 2.75) is 0 Å². The molecule has 0 aliphatic carbocycles. The first kappa shape index (κ1) is 13.2. The number of ether oxygens (including phenoxy) is 2. The van der Waals surface area contributed by atoms with Crippen molar-refractivity contribution in [1.82, 2.24) is 9.97 Å². The Morgan fingerprint density at radius 2 is 1.76 bits per heavy atom. The molecule has 0 spiro atoms. The average Bonchev–Trinajstić information content (AvgIpc) is 2.55. The van der Waals surface area contributed by atoms with Gasteiger partial charge in [0.2, 0.25) is 0 Å². The van der Waals surface area contributed by atoms with Crippen molar-refractivity contribution in [2.75, 3.05) is 14.2 Å². The number of methoxy groups -OCH3 is 2. The topological polar surface area (TPSA) is 64.2 Å². The zero-order chi connectivity index (χ0) is 14.8. The van der Waals surface area contributed by atoms with Gasteiger partial charge in [0.1, 0.15) is 11.5 Å². The van der Waals surface area contributed by atoms with Crippen molar-refractivity contribution in [3.05, 3.63) is 53.2 Å². The molecule has 1 N–H and O–H groups in total. The van der Waals surface area contributed by atoms with Crippen LogP contribution in [0, 0.1) is 0 Å². The number of H-pyrrole nitrogens is 1. The van der Waals surface area contributed by atoms with Gasteiger partial charge in [0.15, 0.2) is 0 Å². The number of rotatable bonds is 3. The van der Waals surface area contributed by atoms with Gasteiger partial charge in [-0.25, -0.2) is 0 Å². The molecule has 0 saturated heterocycles. The van der Waals surface area contributed by atoms with Gasteiger partial charge in [-0.05, 0) is 29.1 Å². The van der Waals surface area contributed by atoms with Crippen molar-refractivity contribution in [1.29, 1.82) is 0 Å². The monoisotopic (exact) mass is 282 g/mol. The number of benzene rings is 1. The van der Waals surface area contributed by atoms with Crippen LogP contribution in [0.1, 0.15) is 0 Å². The summed E-state index contributed by atoms with van der Waals surface area (Å²) in [5.41, 5.74) is 1.64. The highest BCUT2D eigenvalue weighted by molar-refractivity contribution is 5.95. The third-order valence-corrected chi connectivity index (χ3v) is 3.37. The fraction of sp³-hybridized carbons (Fsp3) is 0.125. The molecular formula is C16H14N2O3. The van der Waals surface area contributed by atoms with Crippen LogP contribution in [0.4, 0.5) is 0 Å². The van der Waals surface area contributed by atoms with Gasteiger partial charge < -0.3 is 14.5 Å². The van der Waals surface area contributed by atoms with Gasteiger partial charge in [0, 0.05) is 30.2 Å². The Labute approximate surface area is 121 Å². The van der Waals surface area contributed by atoms with E-state index in [0.717, 1.165) is 16.5 Å². The maximum Gasteiger partial charge on any atom is 0.257 e. The zero-order valence-corrected chi connectivity index (χ0v) is 11.7. The summed E-state index contributed by atoms with van der Waals surface area (Å²) < 4.78 is 10.6. The largest absolute Gasteiger partial charge is 0.497 e. The molecule has 0 radical (unpaired) electrons. The molecule has 0 aliphatic rings. The Hall–Kier alpha value is -2.82. The summed E-state index contributed by atoms with van der Waals surface area (Å²) in [6, 6.07) is 7.43. The minimum absolute atomic E-state index is 0.156. The number of nitrogens with one attached hydrogen (secondary N) is 1. The third-order valence-electron chi connectivity index (χ3n) is 3.37. The van der Waals surface area contributed by atoms with Crippen LogP contribution in [0.15, 0.2) is 47.7 Å². The second-order valence-electron chi connectivity index (χ2n) is 4.55. The molecule has 5 nitrogen and oxygen atoms in total. The smallest absolute Gasteiger partial charge is 0.257 e. The van der Waals surface area contributed by atoms with E-state index in [1.54, 1.807) is 38.9 Å². The zero-order valence-electron chi connectivity index (χ0n) is 11.7. The number of pyridine rings is 2. The van der Waals surface area contributed by atoms with Gasteiger partial charge in [-0.1, -0.05) is 0 Å². The molecule has 3 rings (SSSR count). The van der Waals surface area contributed by atoms with E-state index in [1.165, 1.54) is 0 Å². The van der Waals surface area contributed by atoms with Crippen LogP contribution in [0.3, 0.4) is 0 Å². The van der Waals surface area contributed by atoms with Crippen LogP contribution in [-0.4, -0.2) is 24.2 Å². The van der Waals surface area contributed by atoms with E-state index in [0.29, 0.717) is 16.9 Å². The highest BCUT2D eigenvalue weighted by Crippen LogP contribution is 2.32. The van der Waals surface area contributed by atoms with Crippen LogP contribution in [0.5, 0.6) is 11.5 Å². The van der Waals surface area contributed by atoms with Crippen molar-refractivity contribution >= 4 is 10.8 Å². The molecule has 0 bridgehead atoms. The molecule has 0 aliphatic heterocycles. The minimum Gasteiger partial charge on any atom is -0.497 e. The quantitative estimate of drug-likeness (QED) is 0.802. The second-order valence-corrected chi connectivity index (χ2v) is 4.55. The number of hydrogen-bond acceptors (Lipinski definition) is 4.